The van der Waals surface area contributed by atoms with Crippen molar-refractivity contribution in [2.75, 3.05) is 26.0 Å². The summed E-state index contributed by atoms with van der Waals surface area (Å²) in [5.41, 5.74) is 3.98. The maximum atomic E-state index is 3.52. The molecule has 0 atom stereocenters. The number of benzene rings is 1. The van der Waals surface area contributed by atoms with Crippen LogP contribution in [0.2, 0.25) is 0 Å². The fourth-order valence-electron chi connectivity index (χ4n) is 1.68. The maximum Gasteiger partial charge on any atom is 0.0386 e. The lowest BCUT2D eigenvalue weighted by atomic mass is 10.1. The van der Waals surface area contributed by atoms with Crippen molar-refractivity contribution in [2.24, 2.45) is 5.92 Å². The standard InChI is InChI=1S/C14H24N2/c1-11(2)9-15-14-7-6-12(3)8-13(14)10-16(4)5/h6-8,11,15H,9-10H2,1-5H3. The van der Waals surface area contributed by atoms with Gasteiger partial charge in [-0.1, -0.05) is 31.5 Å². The fraction of sp³-hybridized carbons (Fsp3) is 0.571. The Labute approximate surface area is 99.7 Å². The molecule has 2 heteroatoms. The van der Waals surface area contributed by atoms with Crippen LogP contribution in [0.25, 0.3) is 0 Å². The Hall–Kier alpha value is -1.02. The highest BCUT2D eigenvalue weighted by atomic mass is 15.1. The van der Waals surface area contributed by atoms with Crippen LogP contribution in [0, 0.1) is 12.8 Å². The molecule has 0 heterocycles. The number of rotatable bonds is 5. The van der Waals surface area contributed by atoms with Gasteiger partial charge in [0.05, 0.1) is 0 Å². The minimum Gasteiger partial charge on any atom is -0.385 e. The smallest absolute Gasteiger partial charge is 0.0386 e. The average Bonchev–Trinajstić information content (AvgIpc) is 2.15. The number of anilines is 1. The van der Waals surface area contributed by atoms with Crippen LogP contribution in [0.3, 0.4) is 0 Å². The van der Waals surface area contributed by atoms with Gasteiger partial charge >= 0.3 is 0 Å². The molecule has 1 rings (SSSR count). The van der Waals surface area contributed by atoms with Crippen molar-refractivity contribution in [3.63, 3.8) is 0 Å². The summed E-state index contributed by atoms with van der Waals surface area (Å²) in [6, 6.07) is 6.63. The first-order valence-electron chi connectivity index (χ1n) is 5.97. The third-order valence-corrected chi connectivity index (χ3v) is 2.45. The van der Waals surface area contributed by atoms with Gasteiger partial charge in [-0.15, -0.1) is 0 Å². The first-order chi connectivity index (χ1) is 7.49. The summed E-state index contributed by atoms with van der Waals surface area (Å²) in [6.45, 7) is 8.62. The molecule has 0 saturated carbocycles. The molecule has 1 N–H and O–H groups in total. The van der Waals surface area contributed by atoms with Crippen molar-refractivity contribution in [3.8, 4) is 0 Å². The van der Waals surface area contributed by atoms with Crippen LogP contribution in [0.5, 0.6) is 0 Å². The molecule has 0 unspecified atom stereocenters. The Morgan fingerprint density at radius 1 is 1.25 bits per heavy atom. The third kappa shape index (κ3) is 4.23. The summed E-state index contributed by atoms with van der Waals surface area (Å²) >= 11 is 0. The zero-order valence-corrected chi connectivity index (χ0v) is 11.2. The summed E-state index contributed by atoms with van der Waals surface area (Å²) in [6.07, 6.45) is 0. The minimum absolute atomic E-state index is 0.675. The molecule has 0 aromatic heterocycles. The van der Waals surface area contributed by atoms with E-state index < -0.39 is 0 Å². The second-order valence-corrected chi connectivity index (χ2v) is 5.17. The first kappa shape index (κ1) is 13.0. The van der Waals surface area contributed by atoms with E-state index in [-0.39, 0.29) is 0 Å². The molecule has 0 spiro atoms. The highest BCUT2D eigenvalue weighted by Crippen LogP contribution is 2.19. The summed E-state index contributed by atoms with van der Waals surface area (Å²) < 4.78 is 0. The van der Waals surface area contributed by atoms with Crippen molar-refractivity contribution in [1.29, 1.82) is 0 Å². The van der Waals surface area contributed by atoms with Crippen molar-refractivity contribution in [3.05, 3.63) is 29.3 Å². The summed E-state index contributed by atoms with van der Waals surface area (Å²) in [7, 11) is 4.21. The van der Waals surface area contributed by atoms with Gasteiger partial charge in [0.1, 0.15) is 0 Å². The van der Waals surface area contributed by atoms with Gasteiger partial charge in [-0.05, 0) is 38.6 Å². The van der Waals surface area contributed by atoms with E-state index >= 15 is 0 Å². The van der Waals surface area contributed by atoms with Crippen molar-refractivity contribution >= 4 is 5.69 Å². The molecular formula is C14H24N2. The highest BCUT2D eigenvalue weighted by Gasteiger charge is 2.04. The van der Waals surface area contributed by atoms with Crippen molar-refractivity contribution < 1.29 is 0 Å². The molecular weight excluding hydrogens is 196 g/mol. The second-order valence-electron chi connectivity index (χ2n) is 5.17. The lowest BCUT2D eigenvalue weighted by Crippen LogP contribution is -2.15. The molecule has 16 heavy (non-hydrogen) atoms. The third-order valence-electron chi connectivity index (χ3n) is 2.45. The minimum atomic E-state index is 0.675. The lowest BCUT2D eigenvalue weighted by Gasteiger charge is -2.17. The normalized spacial score (nSPS) is 11.2. The Kier molecular flexibility index (Phi) is 4.81. The van der Waals surface area contributed by atoms with Crippen molar-refractivity contribution in [1.82, 2.24) is 4.90 Å². The Balaban J connectivity index is 2.80. The fourth-order valence-corrected chi connectivity index (χ4v) is 1.68. The summed E-state index contributed by atoms with van der Waals surface area (Å²) in [4.78, 5) is 2.20. The Morgan fingerprint density at radius 3 is 2.50 bits per heavy atom. The van der Waals surface area contributed by atoms with E-state index in [9.17, 15) is 0 Å². The van der Waals surface area contributed by atoms with Gasteiger partial charge < -0.3 is 10.2 Å². The molecule has 2 nitrogen and oxygen atoms in total. The number of nitrogens with one attached hydrogen (secondary N) is 1. The van der Waals surface area contributed by atoms with Crippen LogP contribution in [0.1, 0.15) is 25.0 Å². The monoisotopic (exact) mass is 220 g/mol. The largest absolute Gasteiger partial charge is 0.385 e. The van der Waals surface area contributed by atoms with Crippen LogP contribution in [0.4, 0.5) is 5.69 Å². The van der Waals surface area contributed by atoms with Gasteiger partial charge in [-0.3, -0.25) is 0 Å². The van der Waals surface area contributed by atoms with Gasteiger partial charge in [0.2, 0.25) is 0 Å². The zero-order chi connectivity index (χ0) is 12.1. The Morgan fingerprint density at radius 2 is 1.94 bits per heavy atom. The van der Waals surface area contributed by atoms with Crippen LogP contribution in [0.15, 0.2) is 18.2 Å². The molecule has 0 aliphatic heterocycles. The maximum absolute atomic E-state index is 3.52. The van der Waals surface area contributed by atoms with Crippen LogP contribution >= 0.6 is 0 Å². The van der Waals surface area contributed by atoms with E-state index in [1.807, 2.05) is 0 Å². The van der Waals surface area contributed by atoms with Crippen LogP contribution < -0.4 is 5.32 Å². The summed E-state index contributed by atoms with van der Waals surface area (Å²) in [5, 5.41) is 3.52. The van der Waals surface area contributed by atoms with E-state index in [2.05, 4.69) is 63.3 Å². The number of hydrogen-bond acceptors (Lipinski definition) is 2. The molecule has 1 aromatic carbocycles. The molecule has 0 aliphatic rings. The predicted molar refractivity (Wildman–Crippen MR) is 71.9 cm³/mol. The van der Waals surface area contributed by atoms with Gasteiger partial charge in [0, 0.05) is 18.8 Å². The van der Waals surface area contributed by atoms with E-state index in [4.69, 9.17) is 0 Å². The topological polar surface area (TPSA) is 15.3 Å². The van der Waals surface area contributed by atoms with Gasteiger partial charge in [-0.25, -0.2) is 0 Å². The van der Waals surface area contributed by atoms with E-state index in [0.717, 1.165) is 13.1 Å². The molecule has 0 amide bonds. The molecule has 0 fully saturated rings. The van der Waals surface area contributed by atoms with Crippen molar-refractivity contribution in [2.45, 2.75) is 27.3 Å². The molecule has 0 bridgehead atoms. The van der Waals surface area contributed by atoms with E-state index in [0.29, 0.717) is 5.92 Å². The number of aryl methyl sites for hydroxylation is 1. The first-order valence-corrected chi connectivity index (χ1v) is 5.97. The van der Waals surface area contributed by atoms with Gasteiger partial charge in [-0.2, -0.15) is 0 Å². The average molecular weight is 220 g/mol. The summed E-state index contributed by atoms with van der Waals surface area (Å²) in [5.74, 6) is 0.675. The van der Waals surface area contributed by atoms with Gasteiger partial charge in [0.15, 0.2) is 0 Å². The number of hydrogen-bond donors (Lipinski definition) is 1. The quantitative estimate of drug-likeness (QED) is 0.820. The van der Waals surface area contributed by atoms with Gasteiger partial charge in [0.25, 0.3) is 0 Å². The molecule has 1 aromatic rings. The zero-order valence-electron chi connectivity index (χ0n) is 11.2. The van der Waals surface area contributed by atoms with Crippen LogP contribution in [-0.2, 0) is 6.54 Å². The van der Waals surface area contributed by atoms with E-state index in [1.54, 1.807) is 0 Å². The molecule has 0 aliphatic carbocycles. The SMILES string of the molecule is Cc1ccc(NCC(C)C)c(CN(C)C)c1. The van der Waals surface area contributed by atoms with Crippen LogP contribution in [-0.4, -0.2) is 25.5 Å². The highest BCUT2D eigenvalue weighted by molar-refractivity contribution is 5.52. The molecule has 0 saturated heterocycles. The Bertz CT molecular complexity index is 330. The number of nitrogens with zero attached hydrogens (tertiary/aromatic N) is 1. The second kappa shape index (κ2) is 5.90. The van der Waals surface area contributed by atoms with E-state index in [1.165, 1.54) is 16.8 Å². The molecule has 90 valence electrons. The molecule has 0 radical (unpaired) electrons. The predicted octanol–water partition coefficient (Wildman–Crippen LogP) is 3.12. The lowest BCUT2D eigenvalue weighted by molar-refractivity contribution is 0.403.